The average Bonchev–Trinajstić information content (AvgIpc) is 2.97. The highest BCUT2D eigenvalue weighted by Crippen LogP contribution is 2.42. The van der Waals surface area contributed by atoms with E-state index in [1.807, 2.05) is 30.3 Å². The van der Waals surface area contributed by atoms with E-state index in [1.165, 1.54) is 7.11 Å². The summed E-state index contributed by atoms with van der Waals surface area (Å²) in [6.07, 6.45) is -0.870. The number of ether oxygens (including phenoxy) is 3. The molecule has 0 bridgehead atoms. The summed E-state index contributed by atoms with van der Waals surface area (Å²) in [5.74, 6) is -1.09. The predicted octanol–water partition coefficient (Wildman–Crippen LogP) is 1.07. The lowest BCUT2D eigenvalue weighted by Gasteiger charge is -2.32. The van der Waals surface area contributed by atoms with Crippen molar-refractivity contribution in [1.29, 1.82) is 0 Å². The minimum atomic E-state index is -0.870. The maximum Gasteiger partial charge on any atom is 0.323 e. The third-order valence-electron chi connectivity index (χ3n) is 4.52. The lowest BCUT2D eigenvalue weighted by molar-refractivity contribution is -0.187. The van der Waals surface area contributed by atoms with Gasteiger partial charge in [-0.25, -0.2) is 0 Å². The Morgan fingerprint density at radius 1 is 1.35 bits per heavy atom. The Bertz CT molecular complexity index is 576. The Morgan fingerprint density at radius 3 is 2.74 bits per heavy atom. The number of fused-ring (bicyclic) bond motifs is 1. The molecule has 2 aliphatic heterocycles. The van der Waals surface area contributed by atoms with Crippen LogP contribution in [0, 0.1) is 11.8 Å². The van der Waals surface area contributed by atoms with Crippen LogP contribution in [0.25, 0.3) is 0 Å². The number of benzene rings is 1. The van der Waals surface area contributed by atoms with Crippen LogP contribution in [0.5, 0.6) is 0 Å². The summed E-state index contributed by atoms with van der Waals surface area (Å²) >= 11 is 0. The molecule has 1 aromatic rings. The van der Waals surface area contributed by atoms with Crippen LogP contribution in [-0.4, -0.2) is 44.4 Å². The van der Waals surface area contributed by atoms with Gasteiger partial charge in [0.2, 0.25) is 6.29 Å². The van der Waals surface area contributed by atoms with Gasteiger partial charge in [-0.3, -0.25) is 14.9 Å². The lowest BCUT2D eigenvalue weighted by atomic mass is 9.80. The second-order valence-corrected chi connectivity index (χ2v) is 5.78. The van der Waals surface area contributed by atoms with Gasteiger partial charge in [-0.15, -0.1) is 0 Å². The molecule has 3 rings (SSSR count). The van der Waals surface area contributed by atoms with E-state index >= 15 is 0 Å². The molecule has 2 fully saturated rings. The number of methoxy groups -OCH3 is 1. The van der Waals surface area contributed by atoms with Crippen LogP contribution in [0.4, 0.5) is 0 Å². The molecule has 0 aromatic heterocycles. The fourth-order valence-corrected chi connectivity index (χ4v) is 3.51. The standard InChI is InChI=1S/C17H21NO5/c1-3-22-16(20)14-11-9-23-17(21-2)15(19)12(11)13(18-14)10-7-5-4-6-8-10/h4-8,11-14,17-18H,3,9H2,1-2H3/t11?,12?,13-,14+,17+/m0/s1. The highest BCUT2D eigenvalue weighted by molar-refractivity contribution is 5.89. The van der Waals surface area contributed by atoms with E-state index in [4.69, 9.17) is 14.2 Å². The van der Waals surface area contributed by atoms with Gasteiger partial charge in [0.1, 0.15) is 6.04 Å². The molecule has 2 aliphatic rings. The highest BCUT2D eigenvalue weighted by Gasteiger charge is 2.54. The first-order valence-corrected chi connectivity index (χ1v) is 7.83. The number of hydrogen-bond donors (Lipinski definition) is 1. The average molecular weight is 319 g/mol. The zero-order chi connectivity index (χ0) is 16.4. The molecule has 0 radical (unpaired) electrons. The summed E-state index contributed by atoms with van der Waals surface area (Å²) in [5.41, 5.74) is 0.972. The van der Waals surface area contributed by atoms with Crippen molar-refractivity contribution in [3.8, 4) is 0 Å². The Balaban J connectivity index is 1.92. The lowest BCUT2D eigenvalue weighted by Crippen LogP contribution is -2.47. The second kappa shape index (κ2) is 6.78. The predicted molar refractivity (Wildman–Crippen MR) is 81.5 cm³/mol. The zero-order valence-electron chi connectivity index (χ0n) is 13.2. The van der Waals surface area contributed by atoms with Crippen LogP contribution < -0.4 is 5.32 Å². The molecule has 23 heavy (non-hydrogen) atoms. The number of Topliss-reactive ketones (excluding diaryl/α,β-unsaturated/α-hetero) is 1. The fraction of sp³-hybridized carbons (Fsp3) is 0.529. The summed E-state index contributed by atoms with van der Waals surface area (Å²) < 4.78 is 15.7. The summed E-state index contributed by atoms with van der Waals surface area (Å²) in [5, 5.41) is 3.28. The molecule has 0 saturated carbocycles. The van der Waals surface area contributed by atoms with Crippen molar-refractivity contribution >= 4 is 11.8 Å². The Hall–Kier alpha value is -1.76. The van der Waals surface area contributed by atoms with Crippen LogP contribution in [0.15, 0.2) is 30.3 Å². The number of rotatable bonds is 4. The highest BCUT2D eigenvalue weighted by atomic mass is 16.7. The first-order chi connectivity index (χ1) is 11.2. The molecule has 2 heterocycles. The molecule has 2 unspecified atom stereocenters. The number of carbonyl (C=O) groups excluding carboxylic acids is 2. The molecule has 1 aromatic carbocycles. The van der Waals surface area contributed by atoms with Crippen LogP contribution >= 0.6 is 0 Å². The van der Waals surface area contributed by atoms with Crippen molar-refractivity contribution in [2.45, 2.75) is 25.3 Å². The minimum Gasteiger partial charge on any atom is -0.465 e. The van der Waals surface area contributed by atoms with Crippen LogP contribution in [-0.2, 0) is 23.8 Å². The summed E-state index contributed by atoms with van der Waals surface area (Å²) in [4.78, 5) is 25.0. The monoisotopic (exact) mass is 319 g/mol. The van der Waals surface area contributed by atoms with E-state index in [9.17, 15) is 9.59 Å². The number of ketones is 1. The number of carbonyl (C=O) groups is 2. The van der Waals surface area contributed by atoms with Gasteiger partial charge in [0, 0.05) is 25.0 Å². The Morgan fingerprint density at radius 2 is 2.09 bits per heavy atom. The van der Waals surface area contributed by atoms with Gasteiger partial charge in [-0.05, 0) is 12.5 Å². The number of esters is 1. The maximum absolute atomic E-state index is 12.7. The molecule has 1 N–H and O–H groups in total. The van der Waals surface area contributed by atoms with E-state index in [1.54, 1.807) is 6.92 Å². The number of hydrogen-bond acceptors (Lipinski definition) is 6. The van der Waals surface area contributed by atoms with E-state index < -0.39 is 12.3 Å². The van der Waals surface area contributed by atoms with Crippen molar-refractivity contribution in [2.75, 3.05) is 20.3 Å². The second-order valence-electron chi connectivity index (χ2n) is 5.78. The van der Waals surface area contributed by atoms with E-state index in [0.717, 1.165) is 5.56 Å². The molecule has 0 aliphatic carbocycles. The van der Waals surface area contributed by atoms with Crippen molar-refractivity contribution in [1.82, 2.24) is 5.32 Å². The van der Waals surface area contributed by atoms with Crippen molar-refractivity contribution in [2.24, 2.45) is 11.8 Å². The van der Waals surface area contributed by atoms with Gasteiger partial charge >= 0.3 is 5.97 Å². The third kappa shape index (κ3) is 2.89. The zero-order valence-corrected chi connectivity index (χ0v) is 13.2. The molecule has 2 saturated heterocycles. The molecule has 6 heteroatoms. The summed E-state index contributed by atoms with van der Waals surface area (Å²) in [7, 11) is 1.45. The quantitative estimate of drug-likeness (QED) is 0.837. The fourth-order valence-electron chi connectivity index (χ4n) is 3.51. The van der Waals surface area contributed by atoms with E-state index in [2.05, 4.69) is 5.32 Å². The van der Waals surface area contributed by atoms with Gasteiger partial charge in [-0.2, -0.15) is 0 Å². The van der Waals surface area contributed by atoms with Crippen LogP contribution in [0.2, 0.25) is 0 Å². The number of nitrogens with one attached hydrogen (secondary N) is 1. The van der Waals surface area contributed by atoms with E-state index in [0.29, 0.717) is 6.61 Å². The van der Waals surface area contributed by atoms with Crippen LogP contribution in [0.3, 0.4) is 0 Å². The van der Waals surface area contributed by atoms with Crippen molar-refractivity contribution in [3.05, 3.63) is 35.9 Å². The SMILES string of the molecule is CCOC(=O)[C@@H]1N[C@@H](c2ccccc2)C2C(=O)[C@H](OC)OCC21. The smallest absolute Gasteiger partial charge is 0.323 e. The Labute approximate surface area is 135 Å². The largest absolute Gasteiger partial charge is 0.465 e. The maximum atomic E-state index is 12.7. The minimum absolute atomic E-state index is 0.128. The van der Waals surface area contributed by atoms with Crippen molar-refractivity contribution < 1.29 is 23.8 Å². The molecular weight excluding hydrogens is 298 g/mol. The molecular formula is C17H21NO5. The summed E-state index contributed by atoms with van der Waals surface area (Å²) in [6.45, 7) is 2.36. The van der Waals surface area contributed by atoms with Gasteiger partial charge < -0.3 is 14.2 Å². The molecule has 124 valence electrons. The van der Waals surface area contributed by atoms with Crippen molar-refractivity contribution in [3.63, 3.8) is 0 Å². The van der Waals surface area contributed by atoms with Crippen LogP contribution in [0.1, 0.15) is 18.5 Å². The topological polar surface area (TPSA) is 73.9 Å². The molecule has 5 atom stereocenters. The Kier molecular flexibility index (Phi) is 4.75. The normalized spacial score (nSPS) is 33.3. The summed E-state index contributed by atoms with van der Waals surface area (Å²) in [6, 6.07) is 8.86. The van der Waals surface area contributed by atoms with Gasteiger partial charge in [0.15, 0.2) is 5.78 Å². The van der Waals surface area contributed by atoms with E-state index in [-0.39, 0.29) is 36.2 Å². The first kappa shape index (κ1) is 16.1. The van der Waals surface area contributed by atoms with Gasteiger partial charge in [-0.1, -0.05) is 30.3 Å². The molecule has 0 amide bonds. The molecule has 6 nitrogen and oxygen atoms in total. The first-order valence-electron chi connectivity index (χ1n) is 7.83. The molecule has 0 spiro atoms. The van der Waals surface area contributed by atoms with Gasteiger partial charge in [0.25, 0.3) is 0 Å². The van der Waals surface area contributed by atoms with Gasteiger partial charge in [0.05, 0.1) is 13.2 Å². The third-order valence-corrected chi connectivity index (χ3v) is 4.52.